The van der Waals surface area contributed by atoms with Crippen molar-refractivity contribution in [2.24, 2.45) is 16.3 Å². The minimum Gasteiger partial charge on any atom is -0.375 e. The van der Waals surface area contributed by atoms with E-state index in [9.17, 15) is 0 Å². The number of rotatable bonds is 4. The van der Waals surface area contributed by atoms with E-state index in [1.165, 1.54) is 19.3 Å². The molecule has 0 fully saturated rings. The summed E-state index contributed by atoms with van der Waals surface area (Å²) in [6.07, 6.45) is 8.81. The van der Waals surface area contributed by atoms with Crippen LogP contribution in [-0.4, -0.2) is 11.3 Å². The maximum Gasteiger partial charge on any atom is 0.184 e. The zero-order valence-electron chi connectivity index (χ0n) is 12.4. The molecule has 3 N–H and O–H groups in total. The molecule has 1 aliphatic carbocycles. The van der Waals surface area contributed by atoms with Gasteiger partial charge in [-0.15, -0.1) is 0 Å². The molecule has 0 unspecified atom stereocenters. The Hall–Kier alpha value is -1.16. The van der Waals surface area contributed by atoms with Crippen molar-refractivity contribution in [3.05, 3.63) is 22.8 Å². The third kappa shape index (κ3) is 5.15. The molecule has 0 amide bonds. The second-order valence-electron chi connectivity index (χ2n) is 5.88. The minimum atomic E-state index is 0.191. The first-order chi connectivity index (χ1) is 8.83. The maximum absolute atomic E-state index is 5.30. The lowest BCUT2D eigenvalue weighted by atomic mass is 9.71. The van der Waals surface area contributed by atoms with Crippen LogP contribution in [0.25, 0.3) is 0 Å². The van der Waals surface area contributed by atoms with Crippen LogP contribution in [0.2, 0.25) is 0 Å². The lowest BCUT2D eigenvalue weighted by Crippen LogP contribution is -2.24. The number of thiocarbonyl (C=S) groups is 1. The van der Waals surface area contributed by atoms with E-state index in [0.29, 0.717) is 5.41 Å². The van der Waals surface area contributed by atoms with Crippen molar-refractivity contribution in [2.75, 3.05) is 0 Å². The topological polar surface area (TPSA) is 50.4 Å². The summed E-state index contributed by atoms with van der Waals surface area (Å²) in [5, 5.41) is 4.16. The molecule has 1 aliphatic rings. The Labute approximate surface area is 122 Å². The van der Waals surface area contributed by atoms with Gasteiger partial charge in [0.25, 0.3) is 0 Å². The van der Waals surface area contributed by atoms with Gasteiger partial charge in [0, 0.05) is 6.21 Å². The average molecular weight is 279 g/mol. The number of allylic oxidation sites excluding steroid dienone is 4. The summed E-state index contributed by atoms with van der Waals surface area (Å²) in [5.41, 5.74) is 12.4. The third-order valence-corrected chi connectivity index (χ3v) is 3.85. The van der Waals surface area contributed by atoms with E-state index in [2.05, 4.69) is 49.6 Å². The maximum atomic E-state index is 5.30. The summed E-state index contributed by atoms with van der Waals surface area (Å²) in [6, 6.07) is 0. The molecule has 0 heterocycles. The van der Waals surface area contributed by atoms with Gasteiger partial charge in [0.1, 0.15) is 0 Å². The van der Waals surface area contributed by atoms with Gasteiger partial charge in [0.15, 0.2) is 5.11 Å². The van der Waals surface area contributed by atoms with Crippen molar-refractivity contribution in [1.82, 2.24) is 5.43 Å². The van der Waals surface area contributed by atoms with E-state index in [4.69, 9.17) is 5.73 Å². The fraction of sp³-hybridized carbons (Fsp3) is 0.600. The van der Waals surface area contributed by atoms with Gasteiger partial charge in [-0.05, 0) is 62.7 Å². The van der Waals surface area contributed by atoms with Crippen LogP contribution < -0.4 is 11.2 Å². The Kier molecular flexibility index (Phi) is 5.73. The molecule has 1 rings (SSSR count). The van der Waals surface area contributed by atoms with E-state index < -0.39 is 0 Å². The number of nitrogens with two attached hydrogens (primary N) is 1. The first-order valence-electron chi connectivity index (χ1n) is 6.77. The Morgan fingerprint density at radius 2 is 2.21 bits per heavy atom. The normalized spacial score (nSPS) is 19.9. The van der Waals surface area contributed by atoms with Gasteiger partial charge in [0.05, 0.1) is 0 Å². The van der Waals surface area contributed by atoms with Gasteiger partial charge >= 0.3 is 0 Å². The van der Waals surface area contributed by atoms with Crippen LogP contribution in [0.4, 0.5) is 0 Å². The van der Waals surface area contributed by atoms with Gasteiger partial charge in [0.2, 0.25) is 0 Å². The molecule has 0 spiro atoms. The Balaban J connectivity index is 2.68. The summed E-state index contributed by atoms with van der Waals surface area (Å²) in [5.74, 6) is 0. The molecule has 0 saturated heterocycles. The molecule has 19 heavy (non-hydrogen) atoms. The number of nitrogens with one attached hydrogen (secondary N) is 1. The van der Waals surface area contributed by atoms with Crippen LogP contribution in [0.1, 0.15) is 53.4 Å². The highest BCUT2D eigenvalue weighted by Gasteiger charge is 2.27. The smallest absolute Gasteiger partial charge is 0.184 e. The summed E-state index contributed by atoms with van der Waals surface area (Å²) in [4.78, 5) is 0. The molecular formula is C15H25N3S. The van der Waals surface area contributed by atoms with Crippen LogP contribution in [0.15, 0.2) is 27.9 Å². The molecular weight excluding hydrogens is 254 g/mol. The molecule has 106 valence electrons. The SMILES string of the molecule is CC(C=NNC(N)=S)=CCC1=C(C)CCCC1(C)C. The highest BCUT2D eigenvalue weighted by Crippen LogP contribution is 2.41. The Morgan fingerprint density at radius 1 is 1.53 bits per heavy atom. The predicted octanol–water partition coefficient (Wildman–Crippen LogP) is 3.67. The Morgan fingerprint density at radius 3 is 2.79 bits per heavy atom. The van der Waals surface area contributed by atoms with Crippen molar-refractivity contribution in [1.29, 1.82) is 0 Å². The second kappa shape index (κ2) is 6.85. The summed E-state index contributed by atoms with van der Waals surface area (Å²) >= 11 is 4.69. The van der Waals surface area contributed by atoms with Gasteiger partial charge in [-0.2, -0.15) is 5.10 Å². The molecule has 0 aromatic carbocycles. The predicted molar refractivity (Wildman–Crippen MR) is 87.1 cm³/mol. The molecule has 0 radical (unpaired) electrons. The third-order valence-electron chi connectivity index (χ3n) is 3.76. The summed E-state index contributed by atoms with van der Waals surface area (Å²) in [7, 11) is 0. The van der Waals surface area contributed by atoms with Crippen molar-refractivity contribution in [3.63, 3.8) is 0 Å². The lowest BCUT2D eigenvalue weighted by Gasteiger charge is -2.34. The van der Waals surface area contributed by atoms with Gasteiger partial charge < -0.3 is 5.73 Å². The minimum absolute atomic E-state index is 0.191. The van der Waals surface area contributed by atoms with Gasteiger partial charge in [-0.1, -0.05) is 31.1 Å². The fourth-order valence-electron chi connectivity index (χ4n) is 2.64. The zero-order valence-corrected chi connectivity index (χ0v) is 13.2. The van der Waals surface area contributed by atoms with Crippen LogP contribution in [0.3, 0.4) is 0 Å². The average Bonchev–Trinajstić information content (AvgIpc) is 2.26. The standard InChI is InChI=1S/C15H25N3S/c1-11(10-17-18-14(16)19)7-8-13-12(2)6-5-9-15(13,3)4/h7,10H,5-6,8-9H2,1-4H3,(H3,16,18,19). The van der Waals surface area contributed by atoms with Crippen LogP contribution in [0.5, 0.6) is 0 Å². The molecule has 0 aromatic rings. The lowest BCUT2D eigenvalue weighted by molar-refractivity contribution is 0.360. The number of hydrogen-bond donors (Lipinski definition) is 2. The molecule has 0 atom stereocenters. The first-order valence-corrected chi connectivity index (χ1v) is 7.18. The van der Waals surface area contributed by atoms with Crippen LogP contribution >= 0.6 is 12.2 Å². The zero-order chi connectivity index (χ0) is 14.5. The molecule has 4 heteroatoms. The molecule has 0 saturated carbocycles. The largest absolute Gasteiger partial charge is 0.375 e. The Bertz CT molecular complexity index is 431. The van der Waals surface area contributed by atoms with E-state index in [1.54, 1.807) is 17.4 Å². The van der Waals surface area contributed by atoms with Crippen molar-refractivity contribution in [3.8, 4) is 0 Å². The number of nitrogens with zero attached hydrogens (tertiary/aromatic N) is 1. The van der Waals surface area contributed by atoms with Crippen molar-refractivity contribution < 1.29 is 0 Å². The van der Waals surface area contributed by atoms with Crippen LogP contribution in [0, 0.1) is 5.41 Å². The number of hydrazone groups is 1. The van der Waals surface area contributed by atoms with Crippen LogP contribution in [-0.2, 0) is 0 Å². The molecule has 3 nitrogen and oxygen atoms in total. The van der Waals surface area contributed by atoms with E-state index in [-0.39, 0.29) is 5.11 Å². The van der Waals surface area contributed by atoms with Gasteiger partial charge in [-0.25, -0.2) is 0 Å². The van der Waals surface area contributed by atoms with Crippen molar-refractivity contribution >= 4 is 23.5 Å². The van der Waals surface area contributed by atoms with E-state index in [1.807, 2.05) is 6.92 Å². The molecule has 0 bridgehead atoms. The fourth-order valence-corrected chi connectivity index (χ4v) is 2.69. The summed E-state index contributed by atoms with van der Waals surface area (Å²) < 4.78 is 0. The summed E-state index contributed by atoms with van der Waals surface area (Å²) in [6.45, 7) is 8.99. The monoisotopic (exact) mass is 279 g/mol. The molecule has 0 aliphatic heterocycles. The first kappa shape index (κ1) is 15.9. The highest BCUT2D eigenvalue weighted by molar-refractivity contribution is 7.80. The van der Waals surface area contributed by atoms with Crippen molar-refractivity contribution in [2.45, 2.75) is 53.4 Å². The molecule has 0 aromatic heterocycles. The number of hydrogen-bond acceptors (Lipinski definition) is 2. The van der Waals surface area contributed by atoms with E-state index in [0.717, 1.165) is 12.0 Å². The highest BCUT2D eigenvalue weighted by atomic mass is 32.1. The van der Waals surface area contributed by atoms with Gasteiger partial charge in [-0.3, -0.25) is 5.43 Å². The van der Waals surface area contributed by atoms with E-state index >= 15 is 0 Å². The quantitative estimate of drug-likeness (QED) is 0.357. The second-order valence-corrected chi connectivity index (χ2v) is 6.32.